The van der Waals surface area contributed by atoms with Crippen LogP contribution in [0.2, 0.25) is 0 Å². The lowest BCUT2D eigenvalue weighted by molar-refractivity contribution is -0.0699. The Labute approximate surface area is 112 Å². The highest BCUT2D eigenvalue weighted by atomic mass is 19.3. The van der Waals surface area contributed by atoms with E-state index in [1.54, 1.807) is 12.1 Å². The van der Waals surface area contributed by atoms with Gasteiger partial charge in [0.15, 0.2) is 0 Å². The highest BCUT2D eigenvalue weighted by Crippen LogP contribution is 2.50. The van der Waals surface area contributed by atoms with Crippen molar-refractivity contribution in [2.24, 2.45) is 11.1 Å². The van der Waals surface area contributed by atoms with Crippen molar-refractivity contribution >= 4 is 0 Å². The lowest BCUT2D eigenvalue weighted by Gasteiger charge is -2.44. The summed E-state index contributed by atoms with van der Waals surface area (Å²) in [5.41, 5.74) is 6.55. The van der Waals surface area contributed by atoms with E-state index in [-0.39, 0.29) is 30.0 Å². The number of alkyl halides is 2. The van der Waals surface area contributed by atoms with Crippen LogP contribution in [0.5, 0.6) is 0 Å². The fourth-order valence-electron chi connectivity index (χ4n) is 3.03. The molecule has 1 saturated carbocycles. The Hall–Kier alpha value is -1.03. The van der Waals surface area contributed by atoms with Gasteiger partial charge in [-0.25, -0.2) is 13.2 Å². The molecule has 0 radical (unpaired) electrons. The van der Waals surface area contributed by atoms with E-state index < -0.39 is 5.92 Å². The second kappa shape index (κ2) is 5.16. The van der Waals surface area contributed by atoms with Crippen LogP contribution in [-0.4, -0.2) is 12.5 Å². The zero-order valence-electron chi connectivity index (χ0n) is 11.1. The van der Waals surface area contributed by atoms with Crippen molar-refractivity contribution in [2.45, 2.75) is 44.4 Å². The van der Waals surface area contributed by atoms with Crippen molar-refractivity contribution in [1.29, 1.82) is 0 Å². The molecule has 0 aromatic heterocycles. The van der Waals surface area contributed by atoms with Crippen molar-refractivity contribution in [3.05, 3.63) is 35.6 Å². The van der Waals surface area contributed by atoms with Gasteiger partial charge in [0.2, 0.25) is 5.92 Å². The molecule has 4 heteroatoms. The molecule has 1 aliphatic rings. The van der Waals surface area contributed by atoms with Gasteiger partial charge in [-0.05, 0) is 48.4 Å². The zero-order valence-corrected chi connectivity index (χ0v) is 11.1. The molecule has 0 bridgehead atoms. The summed E-state index contributed by atoms with van der Waals surface area (Å²) < 4.78 is 39.6. The normalized spacial score (nSPS) is 23.0. The molecule has 0 amide bonds. The first-order chi connectivity index (χ1) is 8.88. The molecule has 106 valence electrons. The molecule has 0 heterocycles. The molecule has 0 aliphatic heterocycles. The maximum Gasteiger partial charge on any atom is 0.248 e. The van der Waals surface area contributed by atoms with Crippen LogP contribution < -0.4 is 5.73 Å². The molecule has 0 spiro atoms. The van der Waals surface area contributed by atoms with Gasteiger partial charge in [-0.15, -0.1) is 0 Å². The molecule has 1 atom stereocenters. The summed E-state index contributed by atoms with van der Waals surface area (Å²) in [6, 6.07) is 6.27. The first-order valence-electron chi connectivity index (χ1n) is 6.72. The second-order valence-corrected chi connectivity index (χ2v) is 5.70. The van der Waals surface area contributed by atoms with E-state index in [0.717, 1.165) is 5.56 Å². The highest BCUT2D eigenvalue weighted by molar-refractivity contribution is 5.23. The van der Waals surface area contributed by atoms with Crippen molar-refractivity contribution in [3.8, 4) is 0 Å². The van der Waals surface area contributed by atoms with Crippen LogP contribution in [0.3, 0.4) is 0 Å². The maximum atomic E-state index is 13.3. The molecular formula is C15H20F3N. The van der Waals surface area contributed by atoms with Crippen LogP contribution in [-0.2, 0) is 0 Å². The average molecular weight is 271 g/mol. The second-order valence-electron chi connectivity index (χ2n) is 5.70. The third-order valence-corrected chi connectivity index (χ3v) is 4.67. The Balaban J connectivity index is 2.19. The van der Waals surface area contributed by atoms with E-state index in [1.807, 2.05) is 6.92 Å². The SMILES string of the molecule is CC(c1ccc(F)cc1)C1(CN)CCC(F)(F)CC1. The van der Waals surface area contributed by atoms with Gasteiger partial charge in [-0.2, -0.15) is 0 Å². The van der Waals surface area contributed by atoms with Gasteiger partial charge in [-0.1, -0.05) is 19.1 Å². The number of halogens is 3. The Kier molecular flexibility index (Phi) is 3.90. The van der Waals surface area contributed by atoms with Crippen molar-refractivity contribution in [2.75, 3.05) is 6.54 Å². The first kappa shape index (κ1) is 14.4. The Morgan fingerprint density at radius 3 is 2.11 bits per heavy atom. The Morgan fingerprint density at radius 1 is 1.11 bits per heavy atom. The summed E-state index contributed by atoms with van der Waals surface area (Å²) in [5.74, 6) is -2.77. The van der Waals surface area contributed by atoms with Crippen LogP contribution >= 0.6 is 0 Å². The van der Waals surface area contributed by atoms with Gasteiger partial charge >= 0.3 is 0 Å². The summed E-state index contributed by atoms with van der Waals surface area (Å²) in [6.07, 6.45) is 0.648. The molecule has 2 N–H and O–H groups in total. The van der Waals surface area contributed by atoms with E-state index in [1.165, 1.54) is 12.1 Å². The van der Waals surface area contributed by atoms with Crippen LogP contribution in [0.4, 0.5) is 13.2 Å². The van der Waals surface area contributed by atoms with Crippen LogP contribution in [0, 0.1) is 11.2 Å². The molecule has 1 aliphatic carbocycles. The topological polar surface area (TPSA) is 26.0 Å². The number of nitrogens with two attached hydrogens (primary N) is 1. The number of hydrogen-bond donors (Lipinski definition) is 1. The Morgan fingerprint density at radius 2 is 1.63 bits per heavy atom. The standard InChI is InChI=1S/C15H20F3N/c1-11(12-2-4-13(16)5-3-12)14(10-19)6-8-15(17,18)9-7-14/h2-5,11H,6-10,19H2,1H3. The van der Waals surface area contributed by atoms with Crippen LogP contribution in [0.15, 0.2) is 24.3 Å². The van der Waals surface area contributed by atoms with E-state index in [4.69, 9.17) is 5.73 Å². The third-order valence-electron chi connectivity index (χ3n) is 4.67. The van der Waals surface area contributed by atoms with Crippen LogP contribution in [0.1, 0.15) is 44.1 Å². The predicted octanol–water partition coefficient (Wildman–Crippen LogP) is 4.08. The first-order valence-corrected chi connectivity index (χ1v) is 6.72. The number of rotatable bonds is 3. The van der Waals surface area contributed by atoms with Crippen molar-refractivity contribution in [1.82, 2.24) is 0 Å². The lowest BCUT2D eigenvalue weighted by atomic mass is 9.63. The van der Waals surface area contributed by atoms with Gasteiger partial charge in [0.25, 0.3) is 0 Å². The fourth-order valence-corrected chi connectivity index (χ4v) is 3.03. The monoisotopic (exact) mass is 271 g/mol. The lowest BCUT2D eigenvalue weighted by Crippen LogP contribution is -2.42. The zero-order chi connectivity index (χ0) is 14.1. The largest absolute Gasteiger partial charge is 0.330 e. The quantitative estimate of drug-likeness (QED) is 0.880. The van der Waals surface area contributed by atoms with Gasteiger partial charge in [-0.3, -0.25) is 0 Å². The fraction of sp³-hybridized carbons (Fsp3) is 0.600. The van der Waals surface area contributed by atoms with Gasteiger partial charge < -0.3 is 5.73 Å². The van der Waals surface area contributed by atoms with E-state index in [2.05, 4.69) is 0 Å². The molecule has 0 saturated heterocycles. The summed E-state index contributed by atoms with van der Waals surface area (Å²) >= 11 is 0. The van der Waals surface area contributed by atoms with Crippen LogP contribution in [0.25, 0.3) is 0 Å². The minimum atomic E-state index is -2.55. The summed E-state index contributed by atoms with van der Waals surface area (Å²) in [7, 11) is 0. The molecule has 19 heavy (non-hydrogen) atoms. The number of hydrogen-bond acceptors (Lipinski definition) is 1. The minimum absolute atomic E-state index is 0.0641. The molecule has 1 aromatic rings. The summed E-state index contributed by atoms with van der Waals surface area (Å²) in [6.45, 7) is 2.39. The maximum absolute atomic E-state index is 13.3. The van der Waals surface area contributed by atoms with E-state index >= 15 is 0 Å². The predicted molar refractivity (Wildman–Crippen MR) is 69.7 cm³/mol. The van der Waals surface area contributed by atoms with Gasteiger partial charge in [0.05, 0.1) is 0 Å². The summed E-state index contributed by atoms with van der Waals surface area (Å²) in [4.78, 5) is 0. The highest BCUT2D eigenvalue weighted by Gasteiger charge is 2.45. The van der Waals surface area contributed by atoms with E-state index in [0.29, 0.717) is 19.4 Å². The third kappa shape index (κ3) is 2.94. The average Bonchev–Trinajstić information content (AvgIpc) is 2.40. The molecule has 1 aromatic carbocycles. The Bertz CT molecular complexity index is 418. The van der Waals surface area contributed by atoms with Crippen molar-refractivity contribution in [3.63, 3.8) is 0 Å². The number of benzene rings is 1. The molecule has 1 unspecified atom stereocenters. The van der Waals surface area contributed by atoms with Gasteiger partial charge in [0, 0.05) is 12.8 Å². The molecule has 2 rings (SSSR count). The van der Waals surface area contributed by atoms with Gasteiger partial charge in [0.1, 0.15) is 5.82 Å². The molecule has 1 fully saturated rings. The van der Waals surface area contributed by atoms with Crippen molar-refractivity contribution < 1.29 is 13.2 Å². The molecule has 1 nitrogen and oxygen atoms in total. The van der Waals surface area contributed by atoms with E-state index in [9.17, 15) is 13.2 Å². The smallest absolute Gasteiger partial charge is 0.248 e. The minimum Gasteiger partial charge on any atom is -0.330 e. The molecular weight excluding hydrogens is 251 g/mol. The summed E-state index contributed by atoms with van der Waals surface area (Å²) in [5, 5.41) is 0.